The Bertz CT molecular complexity index is 1130. The standard InChI is InChI=1S/C30H32N2O2/c1-5-31-29(32-28(23(3)34-4)21-24-12-8-6-9-13-24)20-22(2)25-16-18-27(19-17-25)30(33)26-14-10-7-11-15-26/h5-20,28,30,32-33H,2-3,21H2,1,4H3/b29-20+,31-5-. The Balaban J connectivity index is 1.77. The van der Waals surface area contributed by atoms with Crippen LogP contribution in [0, 0.1) is 0 Å². The van der Waals surface area contributed by atoms with Crippen molar-refractivity contribution >= 4 is 11.8 Å². The first-order valence-corrected chi connectivity index (χ1v) is 11.3. The molecular weight excluding hydrogens is 420 g/mol. The van der Waals surface area contributed by atoms with Crippen LogP contribution in [-0.2, 0) is 11.2 Å². The molecule has 4 nitrogen and oxygen atoms in total. The minimum absolute atomic E-state index is 0.154. The number of hydrogen-bond donors (Lipinski definition) is 2. The molecule has 3 aromatic rings. The van der Waals surface area contributed by atoms with Crippen LogP contribution in [0.5, 0.6) is 0 Å². The van der Waals surface area contributed by atoms with Gasteiger partial charge in [0.05, 0.1) is 13.2 Å². The van der Waals surface area contributed by atoms with E-state index in [-0.39, 0.29) is 6.04 Å². The molecular formula is C30H32N2O2. The number of methoxy groups -OCH3 is 1. The fraction of sp³-hybridized carbons (Fsp3) is 0.167. The van der Waals surface area contributed by atoms with Gasteiger partial charge in [0.1, 0.15) is 17.7 Å². The van der Waals surface area contributed by atoms with E-state index in [1.807, 2.05) is 85.8 Å². The summed E-state index contributed by atoms with van der Waals surface area (Å²) in [5.74, 6) is 1.30. The van der Waals surface area contributed by atoms with Crippen molar-refractivity contribution in [3.8, 4) is 0 Å². The van der Waals surface area contributed by atoms with Gasteiger partial charge >= 0.3 is 0 Å². The molecule has 174 valence electrons. The van der Waals surface area contributed by atoms with Gasteiger partial charge in [-0.25, -0.2) is 4.99 Å². The number of rotatable bonds is 11. The molecule has 0 saturated carbocycles. The Morgan fingerprint density at radius 1 is 0.941 bits per heavy atom. The number of hydrogen-bond acceptors (Lipinski definition) is 4. The van der Waals surface area contributed by atoms with E-state index in [1.54, 1.807) is 13.3 Å². The van der Waals surface area contributed by atoms with Gasteiger partial charge < -0.3 is 15.2 Å². The summed E-state index contributed by atoms with van der Waals surface area (Å²) < 4.78 is 5.44. The van der Waals surface area contributed by atoms with Gasteiger partial charge in [-0.15, -0.1) is 0 Å². The number of benzene rings is 3. The van der Waals surface area contributed by atoms with Gasteiger partial charge in [0.2, 0.25) is 0 Å². The van der Waals surface area contributed by atoms with Gasteiger partial charge in [-0.3, -0.25) is 0 Å². The van der Waals surface area contributed by atoms with Gasteiger partial charge in [-0.2, -0.15) is 0 Å². The third kappa shape index (κ3) is 6.80. The van der Waals surface area contributed by atoms with Crippen molar-refractivity contribution in [3.05, 3.63) is 138 Å². The minimum atomic E-state index is -0.667. The van der Waals surface area contributed by atoms with Crippen LogP contribution in [0.15, 0.2) is 121 Å². The average molecular weight is 453 g/mol. The quantitative estimate of drug-likeness (QED) is 0.211. The molecule has 34 heavy (non-hydrogen) atoms. The molecule has 0 amide bonds. The van der Waals surface area contributed by atoms with Crippen molar-refractivity contribution in [1.82, 2.24) is 5.32 Å². The molecule has 0 fully saturated rings. The number of allylic oxidation sites excluding steroid dienone is 2. The predicted molar refractivity (Wildman–Crippen MR) is 141 cm³/mol. The summed E-state index contributed by atoms with van der Waals surface area (Å²) in [5, 5.41) is 14.1. The van der Waals surface area contributed by atoms with Gasteiger partial charge in [0.15, 0.2) is 0 Å². The Kier molecular flexibility index (Phi) is 9.01. The Labute approximate surface area is 202 Å². The minimum Gasteiger partial charge on any atom is -0.500 e. The first-order chi connectivity index (χ1) is 16.5. The number of aliphatic hydroxyl groups is 1. The molecule has 3 rings (SSSR count). The molecule has 0 heterocycles. The summed E-state index contributed by atoms with van der Waals surface area (Å²) in [4.78, 5) is 4.50. The lowest BCUT2D eigenvalue weighted by molar-refractivity contribution is 0.220. The van der Waals surface area contributed by atoms with Crippen LogP contribution in [0.3, 0.4) is 0 Å². The van der Waals surface area contributed by atoms with Gasteiger partial charge in [0.25, 0.3) is 0 Å². The molecule has 0 aliphatic rings. The van der Waals surface area contributed by atoms with Crippen LogP contribution in [0.4, 0.5) is 0 Å². The maximum absolute atomic E-state index is 10.6. The number of aliphatic hydroxyl groups excluding tert-OH is 1. The molecule has 4 heteroatoms. The van der Waals surface area contributed by atoms with E-state index < -0.39 is 6.10 Å². The van der Waals surface area contributed by atoms with Gasteiger partial charge in [-0.1, -0.05) is 98.1 Å². The fourth-order valence-corrected chi connectivity index (χ4v) is 3.63. The summed E-state index contributed by atoms with van der Waals surface area (Å²) in [6.45, 7) is 10.2. The molecule has 2 N–H and O–H groups in total. The van der Waals surface area contributed by atoms with Crippen LogP contribution in [0.2, 0.25) is 0 Å². The fourth-order valence-electron chi connectivity index (χ4n) is 3.63. The van der Waals surface area contributed by atoms with E-state index in [9.17, 15) is 5.11 Å². The average Bonchev–Trinajstić information content (AvgIpc) is 2.88. The van der Waals surface area contributed by atoms with Crippen LogP contribution < -0.4 is 5.32 Å². The van der Waals surface area contributed by atoms with Crippen LogP contribution >= 0.6 is 0 Å². The van der Waals surface area contributed by atoms with Crippen molar-refractivity contribution in [1.29, 1.82) is 0 Å². The largest absolute Gasteiger partial charge is 0.500 e. The third-order valence-corrected chi connectivity index (χ3v) is 5.55. The maximum atomic E-state index is 10.6. The molecule has 2 unspecified atom stereocenters. The highest BCUT2D eigenvalue weighted by atomic mass is 16.5. The first-order valence-electron chi connectivity index (χ1n) is 11.3. The molecule has 0 bridgehead atoms. The molecule has 0 aliphatic carbocycles. The molecule has 0 aliphatic heterocycles. The van der Waals surface area contributed by atoms with Crippen molar-refractivity contribution in [2.24, 2.45) is 4.99 Å². The van der Waals surface area contributed by atoms with E-state index >= 15 is 0 Å². The number of nitrogens with zero attached hydrogens (tertiary/aromatic N) is 1. The Morgan fingerprint density at radius 2 is 1.53 bits per heavy atom. The summed E-state index contributed by atoms with van der Waals surface area (Å²) in [6.07, 6.45) is 3.69. The Hall–Kier alpha value is -3.89. The second-order valence-electron chi connectivity index (χ2n) is 7.93. The van der Waals surface area contributed by atoms with Crippen molar-refractivity contribution < 1.29 is 9.84 Å². The third-order valence-electron chi connectivity index (χ3n) is 5.55. The first kappa shape index (κ1) is 24.7. The second-order valence-corrected chi connectivity index (χ2v) is 7.93. The van der Waals surface area contributed by atoms with Crippen LogP contribution in [0.25, 0.3) is 5.57 Å². The summed E-state index contributed by atoms with van der Waals surface area (Å²) >= 11 is 0. The van der Waals surface area contributed by atoms with E-state index in [0.29, 0.717) is 18.0 Å². The molecule has 0 spiro atoms. The highest BCUT2D eigenvalue weighted by Crippen LogP contribution is 2.24. The summed E-state index contributed by atoms with van der Waals surface area (Å²) in [7, 11) is 1.62. The van der Waals surface area contributed by atoms with E-state index in [0.717, 1.165) is 22.3 Å². The predicted octanol–water partition coefficient (Wildman–Crippen LogP) is 6.07. The Morgan fingerprint density at radius 3 is 2.12 bits per heavy atom. The lowest BCUT2D eigenvalue weighted by Gasteiger charge is -2.22. The summed E-state index contributed by atoms with van der Waals surface area (Å²) in [5.41, 5.74) is 4.61. The van der Waals surface area contributed by atoms with Gasteiger partial charge in [0, 0.05) is 6.21 Å². The van der Waals surface area contributed by atoms with E-state index in [2.05, 4.69) is 35.6 Å². The maximum Gasteiger partial charge on any atom is 0.126 e. The zero-order valence-corrected chi connectivity index (χ0v) is 19.8. The highest BCUT2D eigenvalue weighted by Gasteiger charge is 2.16. The smallest absolute Gasteiger partial charge is 0.126 e. The number of aliphatic imine (C=N–C) groups is 1. The van der Waals surface area contributed by atoms with E-state index in [1.165, 1.54) is 5.56 Å². The van der Waals surface area contributed by atoms with Crippen LogP contribution in [0.1, 0.15) is 35.3 Å². The number of ether oxygens (including phenoxy) is 1. The van der Waals surface area contributed by atoms with Crippen molar-refractivity contribution in [3.63, 3.8) is 0 Å². The molecule has 0 aromatic heterocycles. The summed E-state index contributed by atoms with van der Waals surface area (Å²) in [6, 6.07) is 27.4. The lowest BCUT2D eigenvalue weighted by atomic mass is 9.98. The molecule has 3 aromatic carbocycles. The van der Waals surface area contributed by atoms with Gasteiger partial charge in [-0.05, 0) is 47.2 Å². The zero-order valence-electron chi connectivity index (χ0n) is 19.8. The van der Waals surface area contributed by atoms with E-state index in [4.69, 9.17) is 4.74 Å². The van der Waals surface area contributed by atoms with Crippen LogP contribution in [-0.4, -0.2) is 24.5 Å². The lowest BCUT2D eigenvalue weighted by Crippen LogP contribution is -2.32. The highest BCUT2D eigenvalue weighted by molar-refractivity contribution is 5.73. The second kappa shape index (κ2) is 12.4. The molecule has 2 atom stereocenters. The zero-order chi connectivity index (χ0) is 24.3. The monoisotopic (exact) mass is 452 g/mol. The topological polar surface area (TPSA) is 53.9 Å². The number of nitrogens with one attached hydrogen (secondary N) is 1. The normalized spacial score (nSPS) is 13.3. The van der Waals surface area contributed by atoms with Crippen molar-refractivity contribution in [2.75, 3.05) is 7.11 Å². The van der Waals surface area contributed by atoms with Crippen molar-refractivity contribution in [2.45, 2.75) is 25.5 Å². The molecule has 0 saturated heterocycles. The SMILES string of the molecule is C=C(/C=C(\N=C/C)NC(Cc1ccccc1)C(=C)OC)c1ccc(C(O)c2ccccc2)cc1. The molecule has 0 radical (unpaired) electrons.